The van der Waals surface area contributed by atoms with Gasteiger partial charge in [-0.3, -0.25) is 9.69 Å². The average Bonchev–Trinajstić information content (AvgIpc) is 3.28. The quantitative estimate of drug-likeness (QED) is 0.375. The van der Waals surface area contributed by atoms with Crippen LogP contribution >= 0.6 is 0 Å². The second kappa shape index (κ2) is 10.4. The zero-order valence-electron chi connectivity index (χ0n) is 22.9. The van der Waals surface area contributed by atoms with Gasteiger partial charge >= 0.3 is 5.97 Å². The number of ether oxygens (including phenoxy) is 1. The first-order chi connectivity index (χ1) is 18.9. The summed E-state index contributed by atoms with van der Waals surface area (Å²) in [6.45, 7) is 12.3. The van der Waals surface area contributed by atoms with E-state index in [2.05, 4.69) is 58.5 Å². The largest absolute Gasteiger partial charge is 0.481 e. The number of benzene rings is 2. The molecule has 0 bridgehead atoms. The molecule has 0 unspecified atom stereocenters. The van der Waals surface area contributed by atoms with Gasteiger partial charge in [0.2, 0.25) is 5.95 Å². The van der Waals surface area contributed by atoms with Gasteiger partial charge in [-0.05, 0) is 61.1 Å². The maximum absolute atomic E-state index is 12.1. The molecule has 0 spiro atoms. The fourth-order valence-corrected chi connectivity index (χ4v) is 6.07. The fraction of sp³-hybridized carbons (Fsp3) is 0.387. The van der Waals surface area contributed by atoms with E-state index < -0.39 is 5.97 Å². The van der Waals surface area contributed by atoms with Crippen LogP contribution in [0, 0.1) is 20.8 Å². The second-order valence-electron chi connectivity index (χ2n) is 10.7. The Morgan fingerprint density at radius 1 is 1.00 bits per heavy atom. The number of morpholine rings is 1. The van der Waals surface area contributed by atoms with Crippen molar-refractivity contribution >= 4 is 28.5 Å². The lowest BCUT2D eigenvalue weighted by molar-refractivity contribution is -0.136. The van der Waals surface area contributed by atoms with Crippen molar-refractivity contribution in [2.45, 2.75) is 40.2 Å². The highest BCUT2D eigenvalue weighted by Gasteiger charge is 2.30. The van der Waals surface area contributed by atoms with Crippen molar-refractivity contribution in [3.63, 3.8) is 0 Å². The molecule has 2 aliphatic heterocycles. The molecule has 39 heavy (non-hydrogen) atoms. The second-order valence-corrected chi connectivity index (χ2v) is 10.7. The Hall–Kier alpha value is -3.75. The first kappa shape index (κ1) is 25.5. The van der Waals surface area contributed by atoms with Gasteiger partial charge in [-0.2, -0.15) is 0 Å². The molecule has 0 saturated carbocycles. The van der Waals surface area contributed by atoms with E-state index >= 15 is 0 Å². The Morgan fingerprint density at radius 3 is 2.41 bits per heavy atom. The highest BCUT2D eigenvalue weighted by Crippen LogP contribution is 2.46. The number of carboxylic acid groups (broad SMARTS) is 1. The van der Waals surface area contributed by atoms with Crippen LogP contribution in [0.5, 0.6) is 0 Å². The van der Waals surface area contributed by atoms with Gasteiger partial charge in [-0.25, -0.2) is 9.97 Å². The van der Waals surface area contributed by atoms with Gasteiger partial charge in [-0.15, -0.1) is 0 Å². The lowest BCUT2D eigenvalue weighted by Gasteiger charge is -2.33. The normalized spacial score (nSPS) is 15.7. The summed E-state index contributed by atoms with van der Waals surface area (Å²) in [6.07, 6.45) is 4.73. The van der Waals surface area contributed by atoms with Crippen LogP contribution in [-0.2, 0) is 28.9 Å². The number of carboxylic acids is 1. The third-order valence-electron chi connectivity index (χ3n) is 8.15. The highest BCUT2D eigenvalue weighted by molar-refractivity contribution is 6.08. The molecule has 6 rings (SSSR count). The Labute approximate surface area is 228 Å². The number of anilines is 2. The van der Waals surface area contributed by atoms with E-state index in [1.807, 2.05) is 19.3 Å². The average molecular weight is 526 g/mol. The molecule has 8 heteroatoms. The van der Waals surface area contributed by atoms with Crippen LogP contribution in [0.15, 0.2) is 42.7 Å². The number of aliphatic carboxylic acids is 1. The van der Waals surface area contributed by atoms with Crippen LogP contribution in [0.4, 0.5) is 11.6 Å². The van der Waals surface area contributed by atoms with Crippen LogP contribution in [0.25, 0.3) is 22.0 Å². The molecule has 2 aromatic carbocycles. The fourth-order valence-electron chi connectivity index (χ4n) is 6.07. The molecule has 8 nitrogen and oxygen atoms in total. The Bertz CT molecular complexity index is 1520. The van der Waals surface area contributed by atoms with Gasteiger partial charge in [0.1, 0.15) is 0 Å². The smallest absolute Gasteiger partial charge is 0.307 e. The summed E-state index contributed by atoms with van der Waals surface area (Å²) in [6, 6.07) is 10.6. The molecule has 0 amide bonds. The summed E-state index contributed by atoms with van der Waals surface area (Å²) in [5.74, 6) is -0.179. The van der Waals surface area contributed by atoms with E-state index in [4.69, 9.17) is 14.7 Å². The Morgan fingerprint density at radius 2 is 1.72 bits per heavy atom. The van der Waals surface area contributed by atoms with Crippen molar-refractivity contribution in [3.8, 4) is 11.1 Å². The Kier molecular flexibility index (Phi) is 6.83. The first-order valence-electron chi connectivity index (χ1n) is 13.7. The standard InChI is InChI=1S/C31H35N5O3/c1-20-4-6-24(7-5-20)28-25(17-27(37)38)22(3)29-30-26(28)16-21(2)35(30)10-11-36(29)31-32-18-23(19-33-31)8-9-34-12-14-39-15-13-34/h4-7,16,18-19H,8-15,17H2,1-3H3,(H,37,38). The van der Waals surface area contributed by atoms with Crippen molar-refractivity contribution in [1.29, 1.82) is 0 Å². The van der Waals surface area contributed by atoms with Crippen molar-refractivity contribution < 1.29 is 14.6 Å². The topological polar surface area (TPSA) is 83.7 Å². The van der Waals surface area contributed by atoms with E-state index in [1.54, 1.807) is 0 Å². The third kappa shape index (κ3) is 4.79. The minimum absolute atomic E-state index is 0.0443. The predicted octanol–water partition coefficient (Wildman–Crippen LogP) is 4.68. The highest BCUT2D eigenvalue weighted by atomic mass is 16.5. The van der Waals surface area contributed by atoms with Crippen LogP contribution in [0.3, 0.4) is 0 Å². The van der Waals surface area contributed by atoms with Gasteiger partial charge in [-0.1, -0.05) is 29.8 Å². The number of hydrogen-bond donors (Lipinski definition) is 1. The Balaban J connectivity index is 1.42. The maximum Gasteiger partial charge on any atom is 0.307 e. The number of aromatic nitrogens is 3. The molecule has 0 aliphatic carbocycles. The number of aryl methyl sites for hydroxylation is 2. The molecule has 4 aromatic rings. The van der Waals surface area contributed by atoms with Crippen molar-refractivity contribution in [3.05, 3.63) is 70.7 Å². The zero-order valence-corrected chi connectivity index (χ0v) is 22.9. The van der Waals surface area contributed by atoms with E-state index in [0.717, 1.165) is 96.8 Å². The minimum Gasteiger partial charge on any atom is -0.481 e. The van der Waals surface area contributed by atoms with Crippen molar-refractivity contribution in [1.82, 2.24) is 19.4 Å². The molecule has 202 valence electrons. The molecule has 2 aromatic heterocycles. The predicted molar refractivity (Wildman–Crippen MR) is 153 cm³/mol. The van der Waals surface area contributed by atoms with Gasteiger partial charge < -0.3 is 19.3 Å². The monoisotopic (exact) mass is 525 g/mol. The lowest BCUT2D eigenvalue weighted by Crippen LogP contribution is -2.37. The summed E-state index contributed by atoms with van der Waals surface area (Å²) >= 11 is 0. The molecular formula is C31H35N5O3. The number of hydrogen-bond acceptors (Lipinski definition) is 6. The summed E-state index contributed by atoms with van der Waals surface area (Å²) in [7, 11) is 0. The first-order valence-corrected chi connectivity index (χ1v) is 13.7. The summed E-state index contributed by atoms with van der Waals surface area (Å²) in [5.41, 5.74) is 9.47. The van der Waals surface area contributed by atoms with E-state index in [-0.39, 0.29) is 6.42 Å². The third-order valence-corrected chi connectivity index (χ3v) is 8.15. The van der Waals surface area contributed by atoms with Crippen LogP contribution in [-0.4, -0.2) is 69.9 Å². The van der Waals surface area contributed by atoms with Gasteiger partial charge in [0.05, 0.1) is 30.8 Å². The van der Waals surface area contributed by atoms with Gasteiger partial charge in [0.25, 0.3) is 0 Å². The summed E-state index contributed by atoms with van der Waals surface area (Å²) in [4.78, 5) is 26.3. The minimum atomic E-state index is -0.836. The van der Waals surface area contributed by atoms with Crippen molar-refractivity contribution in [2.24, 2.45) is 0 Å². The number of rotatable bonds is 7. The van der Waals surface area contributed by atoms with Crippen LogP contribution in [0.2, 0.25) is 0 Å². The maximum atomic E-state index is 12.1. The molecule has 1 N–H and O–H groups in total. The number of carbonyl (C=O) groups is 1. The molecule has 0 atom stereocenters. The molecule has 1 fully saturated rings. The van der Waals surface area contributed by atoms with Gasteiger partial charge in [0.15, 0.2) is 0 Å². The van der Waals surface area contributed by atoms with Crippen LogP contribution < -0.4 is 4.90 Å². The van der Waals surface area contributed by atoms with Gasteiger partial charge in [0, 0.05) is 56.2 Å². The number of nitrogens with zero attached hydrogens (tertiary/aromatic N) is 5. The SMILES string of the molecule is Cc1ccc(-c2c(CC(=O)O)c(C)c3c4c2cc(C)n4CCN3c2ncc(CCN3CCOCC3)cn2)cc1. The molecule has 1 saturated heterocycles. The lowest BCUT2D eigenvalue weighted by atomic mass is 9.88. The molecular weight excluding hydrogens is 490 g/mol. The van der Waals surface area contributed by atoms with Crippen LogP contribution in [0.1, 0.15) is 27.9 Å². The molecule has 2 aliphatic rings. The van der Waals surface area contributed by atoms with E-state index in [0.29, 0.717) is 5.95 Å². The van der Waals surface area contributed by atoms with Crippen molar-refractivity contribution in [2.75, 3.05) is 44.3 Å². The molecule has 4 heterocycles. The zero-order chi connectivity index (χ0) is 27.1. The molecule has 0 radical (unpaired) electrons. The summed E-state index contributed by atoms with van der Waals surface area (Å²) < 4.78 is 7.81. The van der Waals surface area contributed by atoms with E-state index in [1.165, 1.54) is 11.3 Å². The summed E-state index contributed by atoms with van der Waals surface area (Å²) in [5, 5.41) is 11.0. The van der Waals surface area contributed by atoms with E-state index in [9.17, 15) is 9.90 Å².